The largest absolute Gasteiger partial charge is 0.465 e. The fourth-order valence-electron chi connectivity index (χ4n) is 2.00. The first-order valence-electron chi connectivity index (χ1n) is 5.96. The average Bonchev–Trinajstić information content (AvgIpc) is 2.31. The van der Waals surface area contributed by atoms with E-state index in [2.05, 4.69) is 13.8 Å². The standard InChI is InChI=1S/C13H20N2O2/c1-4-9-7-11(14)12(8-10(9)5-2)15(6-3)13(16)17/h7-8H,4-6,14H2,1-3H3,(H,16,17). The van der Waals surface area contributed by atoms with E-state index in [1.165, 1.54) is 10.5 Å². The number of anilines is 2. The van der Waals surface area contributed by atoms with Crippen molar-refractivity contribution in [3.05, 3.63) is 23.3 Å². The van der Waals surface area contributed by atoms with E-state index in [-0.39, 0.29) is 0 Å². The van der Waals surface area contributed by atoms with Crippen molar-refractivity contribution in [1.82, 2.24) is 0 Å². The van der Waals surface area contributed by atoms with Gasteiger partial charge in [-0.1, -0.05) is 13.8 Å². The van der Waals surface area contributed by atoms with Gasteiger partial charge >= 0.3 is 6.09 Å². The maximum atomic E-state index is 11.1. The third kappa shape index (κ3) is 2.70. The van der Waals surface area contributed by atoms with Gasteiger partial charge in [-0.2, -0.15) is 0 Å². The monoisotopic (exact) mass is 236 g/mol. The summed E-state index contributed by atoms with van der Waals surface area (Å²) >= 11 is 0. The van der Waals surface area contributed by atoms with E-state index in [9.17, 15) is 4.79 Å². The second-order valence-electron chi connectivity index (χ2n) is 3.91. The van der Waals surface area contributed by atoms with Crippen LogP contribution in [0.15, 0.2) is 12.1 Å². The zero-order valence-corrected chi connectivity index (χ0v) is 10.7. The molecule has 1 rings (SSSR count). The Bertz CT molecular complexity index is 416. The van der Waals surface area contributed by atoms with Crippen LogP contribution in [0, 0.1) is 0 Å². The molecule has 0 fully saturated rings. The van der Waals surface area contributed by atoms with Gasteiger partial charge in [0, 0.05) is 6.54 Å². The first-order chi connectivity index (χ1) is 8.04. The molecular formula is C13H20N2O2. The molecule has 0 spiro atoms. The third-order valence-electron chi connectivity index (χ3n) is 2.95. The maximum Gasteiger partial charge on any atom is 0.411 e. The van der Waals surface area contributed by atoms with Gasteiger partial charge in [0.25, 0.3) is 0 Å². The minimum Gasteiger partial charge on any atom is -0.465 e. The molecular weight excluding hydrogens is 216 g/mol. The van der Waals surface area contributed by atoms with Crippen LogP contribution in [-0.4, -0.2) is 17.7 Å². The van der Waals surface area contributed by atoms with Gasteiger partial charge < -0.3 is 10.8 Å². The molecule has 0 unspecified atom stereocenters. The minimum atomic E-state index is -0.967. The lowest BCUT2D eigenvalue weighted by Crippen LogP contribution is -2.29. The average molecular weight is 236 g/mol. The lowest BCUT2D eigenvalue weighted by Gasteiger charge is -2.21. The summed E-state index contributed by atoms with van der Waals surface area (Å²) in [6.45, 7) is 6.33. The molecule has 0 radical (unpaired) electrons. The highest BCUT2D eigenvalue weighted by Crippen LogP contribution is 2.28. The first kappa shape index (κ1) is 13.4. The van der Waals surface area contributed by atoms with Crippen molar-refractivity contribution in [2.45, 2.75) is 33.6 Å². The molecule has 0 bridgehead atoms. The molecule has 1 amide bonds. The number of nitrogens with zero attached hydrogens (tertiary/aromatic N) is 1. The smallest absolute Gasteiger partial charge is 0.411 e. The van der Waals surface area contributed by atoms with Crippen LogP contribution in [0.3, 0.4) is 0 Å². The molecule has 0 aliphatic carbocycles. The number of nitrogen functional groups attached to an aromatic ring is 1. The highest BCUT2D eigenvalue weighted by atomic mass is 16.4. The maximum absolute atomic E-state index is 11.1. The molecule has 0 saturated heterocycles. The normalized spacial score (nSPS) is 10.3. The molecule has 0 aliphatic heterocycles. The molecule has 94 valence electrons. The van der Waals surface area contributed by atoms with Crippen LogP contribution in [0.25, 0.3) is 0 Å². The van der Waals surface area contributed by atoms with Crippen LogP contribution in [-0.2, 0) is 12.8 Å². The topological polar surface area (TPSA) is 66.6 Å². The lowest BCUT2D eigenvalue weighted by atomic mass is 10.0. The molecule has 4 heteroatoms. The molecule has 1 aromatic rings. The Morgan fingerprint density at radius 1 is 1.24 bits per heavy atom. The van der Waals surface area contributed by atoms with E-state index in [0.29, 0.717) is 17.9 Å². The molecule has 17 heavy (non-hydrogen) atoms. The van der Waals surface area contributed by atoms with Gasteiger partial charge in [0.05, 0.1) is 11.4 Å². The minimum absolute atomic E-state index is 0.397. The highest BCUT2D eigenvalue weighted by molar-refractivity contribution is 5.90. The molecule has 0 atom stereocenters. The molecule has 0 aliphatic rings. The van der Waals surface area contributed by atoms with Crippen LogP contribution in [0.1, 0.15) is 31.9 Å². The summed E-state index contributed by atoms with van der Waals surface area (Å²) in [6.07, 6.45) is 0.825. The predicted octanol–water partition coefficient (Wildman–Crippen LogP) is 2.90. The van der Waals surface area contributed by atoms with E-state index in [1.807, 2.05) is 12.1 Å². The number of nitrogens with two attached hydrogens (primary N) is 1. The number of benzene rings is 1. The zero-order chi connectivity index (χ0) is 13.0. The van der Waals surface area contributed by atoms with Gasteiger partial charge in [0.2, 0.25) is 0 Å². The van der Waals surface area contributed by atoms with Gasteiger partial charge in [-0.3, -0.25) is 4.90 Å². The zero-order valence-electron chi connectivity index (χ0n) is 10.7. The molecule has 1 aromatic carbocycles. The van der Waals surface area contributed by atoms with E-state index in [4.69, 9.17) is 10.8 Å². The van der Waals surface area contributed by atoms with Crippen molar-refractivity contribution in [2.24, 2.45) is 0 Å². The fraction of sp³-hybridized carbons (Fsp3) is 0.462. The summed E-state index contributed by atoms with van der Waals surface area (Å²) in [5, 5.41) is 9.11. The van der Waals surface area contributed by atoms with Crippen molar-refractivity contribution in [1.29, 1.82) is 0 Å². The van der Waals surface area contributed by atoms with Crippen LogP contribution < -0.4 is 10.6 Å². The van der Waals surface area contributed by atoms with Gasteiger partial charge in [-0.05, 0) is 43.0 Å². The molecule has 0 aromatic heterocycles. The molecule has 3 N–H and O–H groups in total. The second kappa shape index (κ2) is 5.57. The number of carbonyl (C=O) groups is 1. The third-order valence-corrected chi connectivity index (χ3v) is 2.95. The predicted molar refractivity (Wildman–Crippen MR) is 70.7 cm³/mol. The van der Waals surface area contributed by atoms with Gasteiger partial charge in [-0.15, -0.1) is 0 Å². The van der Waals surface area contributed by atoms with E-state index < -0.39 is 6.09 Å². The number of aryl methyl sites for hydroxylation is 2. The van der Waals surface area contributed by atoms with Crippen molar-refractivity contribution in [3.8, 4) is 0 Å². The number of hydrogen-bond acceptors (Lipinski definition) is 2. The Balaban J connectivity index is 3.29. The SMILES string of the molecule is CCc1cc(N)c(N(CC)C(=O)O)cc1CC. The van der Waals surface area contributed by atoms with Crippen molar-refractivity contribution >= 4 is 17.5 Å². The quantitative estimate of drug-likeness (QED) is 0.790. The van der Waals surface area contributed by atoms with Gasteiger partial charge in [0.1, 0.15) is 0 Å². The van der Waals surface area contributed by atoms with Crippen LogP contribution >= 0.6 is 0 Å². The lowest BCUT2D eigenvalue weighted by molar-refractivity contribution is 0.202. The molecule has 0 heterocycles. The Kier molecular flexibility index (Phi) is 4.37. The van der Waals surface area contributed by atoms with Crippen LogP contribution in [0.5, 0.6) is 0 Å². The van der Waals surface area contributed by atoms with Crippen molar-refractivity contribution in [2.75, 3.05) is 17.2 Å². The molecule has 4 nitrogen and oxygen atoms in total. The van der Waals surface area contributed by atoms with Crippen LogP contribution in [0.2, 0.25) is 0 Å². The fourth-order valence-corrected chi connectivity index (χ4v) is 2.00. The van der Waals surface area contributed by atoms with E-state index in [1.54, 1.807) is 6.92 Å². The second-order valence-corrected chi connectivity index (χ2v) is 3.91. The summed E-state index contributed by atoms with van der Waals surface area (Å²) < 4.78 is 0. The number of amides is 1. The van der Waals surface area contributed by atoms with Crippen LogP contribution in [0.4, 0.5) is 16.2 Å². The summed E-state index contributed by atoms with van der Waals surface area (Å²) in [7, 11) is 0. The Hall–Kier alpha value is -1.71. The number of carboxylic acid groups (broad SMARTS) is 1. The van der Waals surface area contributed by atoms with Gasteiger partial charge in [-0.25, -0.2) is 4.79 Å². The Labute approximate surface area is 102 Å². The molecule has 0 saturated carbocycles. The number of hydrogen-bond donors (Lipinski definition) is 2. The summed E-state index contributed by atoms with van der Waals surface area (Å²) in [4.78, 5) is 12.4. The Morgan fingerprint density at radius 3 is 2.18 bits per heavy atom. The van der Waals surface area contributed by atoms with E-state index in [0.717, 1.165) is 18.4 Å². The van der Waals surface area contributed by atoms with Crippen molar-refractivity contribution < 1.29 is 9.90 Å². The summed E-state index contributed by atoms with van der Waals surface area (Å²) in [6, 6.07) is 3.78. The number of rotatable bonds is 4. The highest BCUT2D eigenvalue weighted by Gasteiger charge is 2.16. The summed E-state index contributed by atoms with van der Waals surface area (Å²) in [5.41, 5.74) is 9.41. The Morgan fingerprint density at radius 2 is 1.76 bits per heavy atom. The first-order valence-corrected chi connectivity index (χ1v) is 5.96. The van der Waals surface area contributed by atoms with E-state index >= 15 is 0 Å². The summed E-state index contributed by atoms with van der Waals surface area (Å²) in [5.74, 6) is 0. The van der Waals surface area contributed by atoms with Crippen molar-refractivity contribution in [3.63, 3.8) is 0 Å². The van der Waals surface area contributed by atoms with Gasteiger partial charge in [0.15, 0.2) is 0 Å².